The average molecular weight is 353 g/mol. The predicted octanol–water partition coefficient (Wildman–Crippen LogP) is 3.80. The number of fused-ring (bicyclic) bond motifs is 3. The van der Waals surface area contributed by atoms with Gasteiger partial charge in [-0.3, -0.25) is 4.79 Å². The van der Waals surface area contributed by atoms with E-state index in [1.165, 1.54) is 36.4 Å². The third-order valence-electron chi connectivity index (χ3n) is 5.34. The van der Waals surface area contributed by atoms with Crippen molar-refractivity contribution < 1.29 is 4.79 Å². The standard InChI is InChI=1S/C21H24N2OS/c24-21(22-20-14-23-12-10-17(20)11-13-23)18-6-8-19(9-7-18)25-15-16-4-2-1-3-5-16/h1-9,17,20H,10-15H2,(H,22,24)/t20-/m0/s1. The highest BCUT2D eigenvalue weighted by atomic mass is 32.2. The lowest BCUT2D eigenvalue weighted by Crippen LogP contribution is -2.57. The monoisotopic (exact) mass is 352 g/mol. The van der Waals surface area contributed by atoms with Gasteiger partial charge in [-0.2, -0.15) is 0 Å². The summed E-state index contributed by atoms with van der Waals surface area (Å²) in [5, 5.41) is 3.26. The predicted molar refractivity (Wildman–Crippen MR) is 103 cm³/mol. The molecule has 2 aromatic rings. The van der Waals surface area contributed by atoms with Gasteiger partial charge < -0.3 is 10.2 Å². The molecule has 1 N–H and O–H groups in total. The first-order valence-electron chi connectivity index (χ1n) is 9.08. The van der Waals surface area contributed by atoms with Crippen LogP contribution in [0, 0.1) is 5.92 Å². The van der Waals surface area contributed by atoms with E-state index in [9.17, 15) is 4.79 Å². The van der Waals surface area contributed by atoms with Gasteiger partial charge in [0.15, 0.2) is 0 Å². The van der Waals surface area contributed by atoms with Crippen LogP contribution in [-0.2, 0) is 5.75 Å². The second-order valence-corrected chi connectivity index (χ2v) is 8.07. The Morgan fingerprint density at radius 2 is 1.76 bits per heavy atom. The molecule has 2 bridgehead atoms. The van der Waals surface area contributed by atoms with Gasteiger partial charge in [0.2, 0.25) is 0 Å². The van der Waals surface area contributed by atoms with Gasteiger partial charge in [-0.1, -0.05) is 30.3 Å². The van der Waals surface area contributed by atoms with Crippen molar-refractivity contribution in [1.29, 1.82) is 0 Å². The van der Waals surface area contributed by atoms with E-state index in [4.69, 9.17) is 0 Å². The highest BCUT2D eigenvalue weighted by Crippen LogP contribution is 2.28. The third kappa shape index (κ3) is 4.07. The number of carbonyl (C=O) groups is 1. The van der Waals surface area contributed by atoms with E-state index >= 15 is 0 Å². The molecule has 0 aliphatic carbocycles. The first-order chi connectivity index (χ1) is 12.3. The molecule has 5 rings (SSSR count). The molecule has 25 heavy (non-hydrogen) atoms. The number of thioether (sulfide) groups is 1. The molecule has 3 saturated heterocycles. The lowest BCUT2D eigenvalue weighted by Gasteiger charge is -2.44. The van der Waals surface area contributed by atoms with E-state index in [0.29, 0.717) is 12.0 Å². The zero-order valence-electron chi connectivity index (χ0n) is 14.4. The summed E-state index contributed by atoms with van der Waals surface area (Å²) in [6.45, 7) is 3.41. The molecule has 3 nitrogen and oxygen atoms in total. The number of carbonyl (C=O) groups excluding carboxylic acids is 1. The minimum Gasteiger partial charge on any atom is -0.348 e. The molecule has 0 spiro atoms. The Balaban J connectivity index is 1.32. The van der Waals surface area contributed by atoms with Crippen molar-refractivity contribution in [3.63, 3.8) is 0 Å². The van der Waals surface area contributed by atoms with Crippen molar-refractivity contribution in [3.8, 4) is 0 Å². The number of piperidine rings is 3. The topological polar surface area (TPSA) is 32.3 Å². The summed E-state index contributed by atoms with van der Waals surface area (Å²) in [4.78, 5) is 16.2. The van der Waals surface area contributed by atoms with Crippen LogP contribution in [0.4, 0.5) is 0 Å². The number of benzene rings is 2. The Hall–Kier alpha value is -1.78. The van der Waals surface area contributed by atoms with Crippen LogP contribution in [-0.4, -0.2) is 36.5 Å². The van der Waals surface area contributed by atoms with E-state index in [2.05, 4.69) is 46.6 Å². The van der Waals surface area contributed by atoms with Gasteiger partial charge in [0.1, 0.15) is 0 Å². The summed E-state index contributed by atoms with van der Waals surface area (Å²) >= 11 is 1.80. The zero-order chi connectivity index (χ0) is 17.1. The van der Waals surface area contributed by atoms with E-state index in [0.717, 1.165) is 17.9 Å². The van der Waals surface area contributed by atoms with Crippen LogP contribution < -0.4 is 5.32 Å². The molecule has 0 aromatic heterocycles. The molecule has 2 aromatic carbocycles. The Kier molecular flexibility index (Phi) is 5.09. The number of hydrogen-bond acceptors (Lipinski definition) is 3. The van der Waals surface area contributed by atoms with Gasteiger partial charge in [-0.05, 0) is 61.7 Å². The van der Waals surface area contributed by atoms with Gasteiger partial charge in [-0.15, -0.1) is 11.8 Å². The molecule has 3 heterocycles. The minimum absolute atomic E-state index is 0.0679. The Morgan fingerprint density at radius 1 is 1.04 bits per heavy atom. The summed E-state index contributed by atoms with van der Waals surface area (Å²) in [6.07, 6.45) is 2.44. The fourth-order valence-corrected chi connectivity index (χ4v) is 4.68. The highest BCUT2D eigenvalue weighted by Gasteiger charge is 2.34. The lowest BCUT2D eigenvalue weighted by molar-refractivity contribution is 0.0620. The molecule has 1 amide bonds. The fraction of sp³-hybridized carbons (Fsp3) is 0.381. The molecule has 3 fully saturated rings. The van der Waals surface area contributed by atoms with Crippen LogP contribution in [0.2, 0.25) is 0 Å². The number of nitrogens with one attached hydrogen (secondary N) is 1. The van der Waals surface area contributed by atoms with Gasteiger partial charge in [0.05, 0.1) is 0 Å². The average Bonchev–Trinajstić information content (AvgIpc) is 2.68. The lowest BCUT2D eigenvalue weighted by atomic mass is 9.84. The van der Waals surface area contributed by atoms with E-state index in [1.807, 2.05) is 18.2 Å². The summed E-state index contributed by atoms with van der Waals surface area (Å²) in [6, 6.07) is 18.8. The number of amides is 1. The maximum atomic E-state index is 12.5. The second kappa shape index (κ2) is 7.63. The second-order valence-electron chi connectivity index (χ2n) is 7.02. The van der Waals surface area contributed by atoms with Gasteiger partial charge in [0, 0.05) is 28.8 Å². The third-order valence-corrected chi connectivity index (χ3v) is 6.42. The Morgan fingerprint density at radius 3 is 2.40 bits per heavy atom. The first-order valence-corrected chi connectivity index (χ1v) is 10.1. The van der Waals surface area contributed by atoms with Crippen molar-refractivity contribution >= 4 is 17.7 Å². The minimum atomic E-state index is 0.0679. The molecule has 0 unspecified atom stereocenters. The van der Waals surface area contributed by atoms with Gasteiger partial charge >= 0.3 is 0 Å². The summed E-state index contributed by atoms with van der Waals surface area (Å²) in [7, 11) is 0. The number of rotatable bonds is 5. The highest BCUT2D eigenvalue weighted by molar-refractivity contribution is 7.98. The van der Waals surface area contributed by atoms with Crippen molar-refractivity contribution in [3.05, 3.63) is 65.7 Å². The summed E-state index contributed by atoms with van der Waals surface area (Å²) < 4.78 is 0. The van der Waals surface area contributed by atoms with Crippen LogP contribution in [0.5, 0.6) is 0 Å². The summed E-state index contributed by atoms with van der Waals surface area (Å²) in [5.74, 6) is 1.68. The van der Waals surface area contributed by atoms with E-state index < -0.39 is 0 Å². The molecule has 0 radical (unpaired) electrons. The zero-order valence-corrected chi connectivity index (χ0v) is 15.2. The number of hydrogen-bond donors (Lipinski definition) is 1. The maximum absolute atomic E-state index is 12.5. The van der Waals surface area contributed by atoms with Crippen LogP contribution in [0.15, 0.2) is 59.5 Å². The Labute approximate surface area is 153 Å². The normalized spacial score (nSPS) is 24.9. The van der Waals surface area contributed by atoms with Crippen molar-refractivity contribution in [1.82, 2.24) is 10.2 Å². The molecular weight excluding hydrogens is 328 g/mol. The van der Waals surface area contributed by atoms with Gasteiger partial charge in [0.25, 0.3) is 5.91 Å². The first kappa shape index (κ1) is 16.7. The SMILES string of the molecule is O=C(N[C@H]1CN2CCC1CC2)c1ccc(SCc2ccccc2)cc1. The largest absolute Gasteiger partial charge is 0.348 e. The molecule has 3 aliphatic heterocycles. The van der Waals surface area contributed by atoms with Crippen LogP contribution in [0.3, 0.4) is 0 Å². The quantitative estimate of drug-likeness (QED) is 0.831. The number of nitrogens with zero attached hydrogens (tertiary/aromatic N) is 1. The molecule has 3 aliphatic rings. The van der Waals surface area contributed by atoms with E-state index in [-0.39, 0.29) is 5.91 Å². The van der Waals surface area contributed by atoms with E-state index in [1.54, 1.807) is 11.8 Å². The molecule has 0 saturated carbocycles. The van der Waals surface area contributed by atoms with Gasteiger partial charge in [-0.25, -0.2) is 0 Å². The molecule has 130 valence electrons. The fourth-order valence-electron chi connectivity index (χ4n) is 3.82. The van der Waals surface area contributed by atoms with Crippen LogP contribution in [0.25, 0.3) is 0 Å². The van der Waals surface area contributed by atoms with Crippen LogP contribution >= 0.6 is 11.8 Å². The van der Waals surface area contributed by atoms with Crippen LogP contribution in [0.1, 0.15) is 28.8 Å². The van der Waals surface area contributed by atoms with Crippen molar-refractivity contribution in [2.24, 2.45) is 5.92 Å². The molecular formula is C21H24N2OS. The molecule has 1 atom stereocenters. The summed E-state index contributed by atoms with van der Waals surface area (Å²) in [5.41, 5.74) is 2.08. The Bertz CT molecular complexity index is 708. The van der Waals surface area contributed by atoms with Crippen molar-refractivity contribution in [2.45, 2.75) is 29.5 Å². The molecule has 4 heteroatoms. The smallest absolute Gasteiger partial charge is 0.251 e. The van der Waals surface area contributed by atoms with Crippen molar-refractivity contribution in [2.75, 3.05) is 19.6 Å². The maximum Gasteiger partial charge on any atom is 0.251 e.